The van der Waals surface area contributed by atoms with E-state index in [-0.39, 0.29) is 28.4 Å². The fourth-order valence-corrected chi connectivity index (χ4v) is 2.54. The number of nitriles is 1. The van der Waals surface area contributed by atoms with Gasteiger partial charge in [0.15, 0.2) is 11.6 Å². The number of nitrogens with zero attached hydrogens (tertiary/aromatic N) is 4. The van der Waals surface area contributed by atoms with Crippen molar-refractivity contribution in [1.29, 1.82) is 5.26 Å². The minimum Gasteiger partial charge on any atom is -0.505 e. The number of hydrogen-bond acceptors (Lipinski definition) is 6. The van der Waals surface area contributed by atoms with Crippen molar-refractivity contribution < 1.29 is 9.90 Å². The van der Waals surface area contributed by atoms with Crippen molar-refractivity contribution in [3.8, 4) is 11.8 Å². The van der Waals surface area contributed by atoms with Gasteiger partial charge in [0.2, 0.25) is 0 Å². The van der Waals surface area contributed by atoms with E-state index in [1.165, 1.54) is 6.20 Å². The molecule has 0 saturated heterocycles. The van der Waals surface area contributed by atoms with Crippen LogP contribution in [0.1, 0.15) is 36.7 Å². The Morgan fingerprint density at radius 1 is 1.30 bits per heavy atom. The summed E-state index contributed by atoms with van der Waals surface area (Å²) >= 11 is 0. The molecule has 3 rings (SSSR count). The zero-order valence-electron chi connectivity index (χ0n) is 15.1. The van der Waals surface area contributed by atoms with Crippen LogP contribution in [-0.4, -0.2) is 26.7 Å². The minimum absolute atomic E-state index is 0.0997. The molecule has 1 heterocycles. The number of H-pyrrole nitrogens is 1. The average Bonchev–Trinajstić information content (AvgIpc) is 3.06. The third kappa shape index (κ3) is 3.77. The van der Waals surface area contributed by atoms with Gasteiger partial charge in [-0.05, 0) is 32.2 Å². The van der Waals surface area contributed by atoms with Gasteiger partial charge in [-0.2, -0.15) is 10.4 Å². The molecule has 0 aliphatic heterocycles. The van der Waals surface area contributed by atoms with Crippen molar-refractivity contribution in [1.82, 2.24) is 15.5 Å². The molecule has 0 spiro atoms. The van der Waals surface area contributed by atoms with Crippen LogP contribution in [0.25, 0.3) is 10.8 Å². The number of amides is 1. The second-order valence-corrected chi connectivity index (χ2v) is 6.99. The number of benzene rings is 2. The summed E-state index contributed by atoms with van der Waals surface area (Å²) < 4.78 is 0. The summed E-state index contributed by atoms with van der Waals surface area (Å²) in [6.07, 6.45) is 1.33. The molecule has 0 atom stereocenters. The number of nitrogens with one attached hydrogen (secondary N) is 2. The Hall–Kier alpha value is -3.73. The summed E-state index contributed by atoms with van der Waals surface area (Å²) in [4.78, 5) is 12.6. The van der Waals surface area contributed by atoms with Gasteiger partial charge in [-0.3, -0.25) is 9.89 Å². The van der Waals surface area contributed by atoms with Crippen LogP contribution in [-0.2, 0) is 0 Å². The van der Waals surface area contributed by atoms with Crippen LogP contribution >= 0.6 is 0 Å². The van der Waals surface area contributed by atoms with Gasteiger partial charge in [-0.25, -0.2) is 0 Å². The number of phenolic OH excluding ortho intramolecular Hbond substituents is 1. The molecule has 0 aliphatic rings. The zero-order chi connectivity index (χ0) is 19.6. The second-order valence-electron chi connectivity index (χ2n) is 6.99. The molecule has 8 nitrogen and oxygen atoms in total. The first-order chi connectivity index (χ1) is 12.8. The van der Waals surface area contributed by atoms with E-state index in [2.05, 4.69) is 25.7 Å². The van der Waals surface area contributed by atoms with Gasteiger partial charge < -0.3 is 10.4 Å². The highest BCUT2D eigenvalue weighted by Crippen LogP contribution is 2.39. The summed E-state index contributed by atoms with van der Waals surface area (Å²) in [5.74, 6) is -0.524. The molecule has 0 saturated carbocycles. The Morgan fingerprint density at radius 2 is 2.04 bits per heavy atom. The molecule has 0 bridgehead atoms. The molecule has 0 aliphatic carbocycles. The van der Waals surface area contributed by atoms with E-state index in [0.29, 0.717) is 5.39 Å². The van der Waals surface area contributed by atoms with Crippen LogP contribution < -0.4 is 5.32 Å². The maximum Gasteiger partial charge on any atom is 0.255 e. The maximum atomic E-state index is 12.6. The van der Waals surface area contributed by atoms with Gasteiger partial charge in [0.25, 0.3) is 5.91 Å². The lowest BCUT2D eigenvalue weighted by Crippen LogP contribution is -2.40. The highest BCUT2D eigenvalue weighted by Gasteiger charge is 2.22. The molecule has 1 aromatic heterocycles. The summed E-state index contributed by atoms with van der Waals surface area (Å²) in [6, 6.07) is 10.8. The van der Waals surface area contributed by atoms with Crippen molar-refractivity contribution >= 4 is 28.2 Å². The molecule has 136 valence electrons. The van der Waals surface area contributed by atoms with E-state index in [9.17, 15) is 9.90 Å². The van der Waals surface area contributed by atoms with Gasteiger partial charge >= 0.3 is 0 Å². The third-order valence-corrected chi connectivity index (χ3v) is 3.72. The number of rotatable bonds is 3. The van der Waals surface area contributed by atoms with E-state index >= 15 is 0 Å². The number of fused-ring (bicyclic) bond motifs is 1. The molecular formula is C19H18N6O2. The van der Waals surface area contributed by atoms with E-state index in [1.807, 2.05) is 39.0 Å². The van der Waals surface area contributed by atoms with Crippen molar-refractivity contribution in [2.45, 2.75) is 26.3 Å². The maximum absolute atomic E-state index is 12.6. The fourth-order valence-electron chi connectivity index (χ4n) is 2.54. The van der Waals surface area contributed by atoms with Crippen molar-refractivity contribution in [3.63, 3.8) is 0 Å². The lowest BCUT2D eigenvalue weighted by Gasteiger charge is -2.21. The summed E-state index contributed by atoms with van der Waals surface area (Å²) in [6.45, 7) is 5.56. The molecule has 27 heavy (non-hydrogen) atoms. The number of carbonyl (C=O) groups is 1. The summed E-state index contributed by atoms with van der Waals surface area (Å²) in [5, 5.41) is 38.3. The van der Waals surface area contributed by atoms with Gasteiger partial charge in [0, 0.05) is 10.9 Å². The second kappa shape index (κ2) is 6.88. The number of hydrogen-bond donors (Lipinski definition) is 3. The van der Waals surface area contributed by atoms with Crippen molar-refractivity contribution in [2.24, 2.45) is 10.2 Å². The third-order valence-electron chi connectivity index (χ3n) is 3.72. The Kier molecular flexibility index (Phi) is 4.60. The number of carbonyl (C=O) groups excluding carboxylic acids is 1. The fraction of sp³-hybridized carbons (Fsp3) is 0.211. The Morgan fingerprint density at radius 3 is 2.74 bits per heavy atom. The van der Waals surface area contributed by atoms with Crippen molar-refractivity contribution in [3.05, 3.63) is 47.7 Å². The van der Waals surface area contributed by atoms with E-state index in [0.717, 1.165) is 5.39 Å². The van der Waals surface area contributed by atoms with E-state index in [4.69, 9.17) is 5.26 Å². The molecular weight excluding hydrogens is 344 g/mol. The van der Waals surface area contributed by atoms with Crippen molar-refractivity contribution in [2.75, 3.05) is 0 Å². The highest BCUT2D eigenvalue weighted by molar-refractivity contribution is 6.06. The molecule has 0 radical (unpaired) electrons. The molecule has 3 aromatic rings. The standard InChI is InChI=1S/C19H18N6O2/c1-19(2,3)22-18(27)14-8-11-6-4-5-7-13(11)15(16(14)26)23-25-17-12(9-20)10-21-24-17/h4-8,10,26H,1-3H3,(H,21,24)(H,22,27)/b25-23+. The highest BCUT2D eigenvalue weighted by atomic mass is 16.3. The van der Waals surface area contributed by atoms with E-state index < -0.39 is 11.4 Å². The summed E-state index contributed by atoms with van der Waals surface area (Å²) in [5.41, 5.74) is 0.00610. The van der Waals surface area contributed by atoms with Crippen LogP contribution in [0.3, 0.4) is 0 Å². The monoisotopic (exact) mass is 362 g/mol. The molecule has 1 amide bonds. The smallest absolute Gasteiger partial charge is 0.255 e. The van der Waals surface area contributed by atoms with Gasteiger partial charge in [0.05, 0.1) is 11.8 Å². The Labute approximate surface area is 155 Å². The number of azo groups is 1. The van der Waals surface area contributed by atoms with Gasteiger partial charge in [-0.15, -0.1) is 10.2 Å². The topological polar surface area (TPSA) is 127 Å². The average molecular weight is 362 g/mol. The predicted octanol–water partition coefficient (Wildman–Crippen LogP) is 4.08. The Balaban J connectivity index is 2.15. The number of aromatic nitrogens is 2. The quantitative estimate of drug-likeness (QED) is 0.607. The first kappa shape index (κ1) is 18.1. The number of aromatic hydroxyl groups is 1. The lowest BCUT2D eigenvalue weighted by molar-refractivity contribution is 0.0917. The van der Waals surface area contributed by atoms with Crippen LogP contribution in [0.2, 0.25) is 0 Å². The number of phenols is 1. The first-order valence-corrected chi connectivity index (χ1v) is 8.22. The molecule has 2 aromatic carbocycles. The van der Waals surface area contributed by atoms with Gasteiger partial charge in [-0.1, -0.05) is 24.3 Å². The minimum atomic E-state index is -0.464. The predicted molar refractivity (Wildman–Crippen MR) is 100 cm³/mol. The van der Waals surface area contributed by atoms with Crippen LogP contribution in [0.4, 0.5) is 11.5 Å². The Bertz CT molecular complexity index is 1090. The SMILES string of the molecule is CC(C)(C)NC(=O)c1cc2ccccc2c(/N=N/c2[nH]ncc2C#N)c1O. The number of aromatic amines is 1. The zero-order valence-corrected chi connectivity index (χ0v) is 15.1. The van der Waals surface area contributed by atoms with E-state index in [1.54, 1.807) is 18.2 Å². The largest absolute Gasteiger partial charge is 0.505 e. The first-order valence-electron chi connectivity index (χ1n) is 8.22. The molecule has 8 heteroatoms. The normalized spacial score (nSPS) is 11.6. The summed E-state index contributed by atoms with van der Waals surface area (Å²) in [7, 11) is 0. The van der Waals surface area contributed by atoms with Crippen LogP contribution in [0.15, 0.2) is 46.8 Å². The lowest BCUT2D eigenvalue weighted by atomic mass is 10.0. The molecule has 3 N–H and O–H groups in total. The molecule has 0 fully saturated rings. The van der Waals surface area contributed by atoms with Gasteiger partial charge in [0.1, 0.15) is 17.3 Å². The molecule has 0 unspecified atom stereocenters. The van der Waals surface area contributed by atoms with Crippen LogP contribution in [0.5, 0.6) is 5.75 Å². The van der Waals surface area contributed by atoms with Crippen LogP contribution in [0, 0.1) is 11.3 Å².